The van der Waals surface area contributed by atoms with E-state index < -0.39 is 11.9 Å². The van der Waals surface area contributed by atoms with Crippen LogP contribution < -0.4 is 10.2 Å². The van der Waals surface area contributed by atoms with Gasteiger partial charge >= 0.3 is 5.97 Å². The normalized spacial score (nSPS) is 10.1. The van der Waals surface area contributed by atoms with Gasteiger partial charge in [-0.3, -0.25) is 9.59 Å². The first kappa shape index (κ1) is 17.7. The van der Waals surface area contributed by atoms with Crippen LogP contribution in [0.3, 0.4) is 0 Å². The number of hydrogen-bond donors (Lipinski definition) is 1. The lowest BCUT2D eigenvalue weighted by atomic mass is 10.2. The maximum Gasteiger partial charge on any atom is 0.326 e. The minimum atomic E-state index is -0.548. The monoisotopic (exact) mass is 348 g/mol. The molecule has 0 saturated heterocycles. The van der Waals surface area contributed by atoms with Crippen molar-refractivity contribution in [3.8, 4) is 0 Å². The molecule has 0 atom stereocenters. The van der Waals surface area contributed by atoms with Crippen molar-refractivity contribution >= 4 is 35.0 Å². The Morgan fingerprint density at radius 2 is 1.88 bits per heavy atom. The van der Waals surface area contributed by atoms with Gasteiger partial charge in [-0.05, 0) is 31.2 Å². The first-order valence-corrected chi connectivity index (χ1v) is 7.54. The molecule has 1 amide bonds. The van der Waals surface area contributed by atoms with Crippen molar-refractivity contribution in [3.63, 3.8) is 0 Å². The molecule has 1 heterocycles. The zero-order valence-corrected chi connectivity index (χ0v) is 14.1. The Morgan fingerprint density at radius 1 is 1.17 bits per heavy atom. The minimum Gasteiger partial charge on any atom is -0.454 e. The van der Waals surface area contributed by atoms with Gasteiger partial charge in [0, 0.05) is 12.7 Å². The number of anilines is 2. The molecular formula is C16H17ClN4O3. The van der Waals surface area contributed by atoms with Crippen molar-refractivity contribution in [3.05, 3.63) is 47.1 Å². The Morgan fingerprint density at radius 3 is 2.50 bits per heavy atom. The molecule has 0 aliphatic heterocycles. The van der Waals surface area contributed by atoms with Crippen molar-refractivity contribution in [1.82, 2.24) is 10.2 Å². The van der Waals surface area contributed by atoms with E-state index in [4.69, 9.17) is 16.3 Å². The molecule has 1 aromatic carbocycles. The number of likely N-dealkylation sites (N-methyl/N-ethyl adjacent to an activating group) is 1. The van der Waals surface area contributed by atoms with E-state index in [-0.39, 0.29) is 18.3 Å². The van der Waals surface area contributed by atoms with Crippen molar-refractivity contribution in [2.75, 3.05) is 30.4 Å². The Labute approximate surface area is 144 Å². The highest BCUT2D eigenvalue weighted by Crippen LogP contribution is 2.10. The summed E-state index contributed by atoms with van der Waals surface area (Å²) in [5.41, 5.74) is 1.74. The molecule has 0 unspecified atom stereocenters. The summed E-state index contributed by atoms with van der Waals surface area (Å²) in [4.78, 5) is 25.1. The topological polar surface area (TPSA) is 84.4 Å². The van der Waals surface area contributed by atoms with Crippen LogP contribution in [0.25, 0.3) is 0 Å². The minimum absolute atomic E-state index is 0.0614. The zero-order valence-electron chi connectivity index (χ0n) is 13.3. The maximum absolute atomic E-state index is 11.8. The van der Waals surface area contributed by atoms with Gasteiger partial charge in [-0.2, -0.15) is 0 Å². The summed E-state index contributed by atoms with van der Waals surface area (Å²) in [6, 6.07) is 10.5. The second-order valence-electron chi connectivity index (χ2n) is 5.15. The number of amides is 1. The highest BCUT2D eigenvalue weighted by atomic mass is 35.5. The van der Waals surface area contributed by atoms with Gasteiger partial charge in [0.15, 0.2) is 17.6 Å². The molecule has 0 saturated carbocycles. The van der Waals surface area contributed by atoms with E-state index in [0.717, 1.165) is 5.56 Å². The van der Waals surface area contributed by atoms with Crippen LogP contribution in [0, 0.1) is 6.92 Å². The largest absolute Gasteiger partial charge is 0.454 e. The predicted octanol–water partition coefficient (Wildman–Crippen LogP) is 2.06. The molecule has 0 aliphatic carbocycles. The summed E-state index contributed by atoms with van der Waals surface area (Å²) >= 11 is 5.65. The molecular weight excluding hydrogens is 332 g/mol. The number of carbonyl (C=O) groups excluding carboxylic acids is 2. The SMILES string of the molecule is Cc1ccc(NC(=O)COC(=O)CN(C)c2ccc(Cl)nn2)cc1. The number of benzene rings is 1. The molecule has 1 N–H and O–H groups in total. The standard InChI is InChI=1S/C16H17ClN4O3/c1-11-3-5-12(6-4-11)18-15(22)10-24-16(23)9-21(2)14-8-7-13(17)19-20-14/h3-8H,9-10H2,1-2H3,(H,18,22). The number of ether oxygens (including phenoxy) is 1. The molecule has 0 spiro atoms. The third-order valence-electron chi connectivity index (χ3n) is 3.07. The highest BCUT2D eigenvalue weighted by Gasteiger charge is 2.12. The number of esters is 1. The van der Waals surface area contributed by atoms with Gasteiger partial charge in [0.2, 0.25) is 0 Å². The van der Waals surface area contributed by atoms with Crippen molar-refractivity contribution in [2.45, 2.75) is 6.92 Å². The fourth-order valence-corrected chi connectivity index (χ4v) is 1.91. The molecule has 0 radical (unpaired) electrons. The predicted molar refractivity (Wildman–Crippen MR) is 91.1 cm³/mol. The zero-order chi connectivity index (χ0) is 17.5. The summed E-state index contributed by atoms with van der Waals surface area (Å²) in [6.07, 6.45) is 0. The summed E-state index contributed by atoms with van der Waals surface area (Å²) in [5.74, 6) is -0.477. The van der Waals surface area contributed by atoms with E-state index in [1.165, 1.54) is 0 Å². The molecule has 2 aromatic rings. The highest BCUT2D eigenvalue weighted by molar-refractivity contribution is 6.29. The van der Waals surface area contributed by atoms with Crippen molar-refractivity contribution < 1.29 is 14.3 Å². The summed E-state index contributed by atoms with van der Waals surface area (Å²) < 4.78 is 4.95. The van der Waals surface area contributed by atoms with E-state index in [1.807, 2.05) is 19.1 Å². The van der Waals surface area contributed by atoms with Gasteiger partial charge in [-0.1, -0.05) is 29.3 Å². The summed E-state index contributed by atoms with van der Waals surface area (Å²) in [7, 11) is 1.66. The fraction of sp³-hybridized carbons (Fsp3) is 0.250. The molecule has 0 fully saturated rings. The van der Waals surface area contributed by atoms with Gasteiger partial charge < -0.3 is 15.0 Å². The maximum atomic E-state index is 11.8. The first-order chi connectivity index (χ1) is 11.4. The molecule has 7 nitrogen and oxygen atoms in total. The number of nitrogens with zero attached hydrogens (tertiary/aromatic N) is 3. The first-order valence-electron chi connectivity index (χ1n) is 7.16. The Hall–Kier alpha value is -2.67. The lowest BCUT2D eigenvalue weighted by Gasteiger charge is -2.16. The number of halogens is 1. The summed E-state index contributed by atoms with van der Waals surface area (Å²) in [6.45, 7) is 1.54. The molecule has 0 aliphatic rings. The lowest BCUT2D eigenvalue weighted by Crippen LogP contribution is -2.30. The van der Waals surface area contributed by atoms with E-state index in [2.05, 4.69) is 15.5 Å². The number of hydrogen-bond acceptors (Lipinski definition) is 6. The van der Waals surface area contributed by atoms with Crippen molar-refractivity contribution in [2.24, 2.45) is 0 Å². The Kier molecular flexibility index (Phi) is 6.08. The molecule has 8 heteroatoms. The Bertz CT molecular complexity index is 704. The number of nitrogens with one attached hydrogen (secondary N) is 1. The van der Waals surface area contributed by atoms with E-state index >= 15 is 0 Å². The van der Waals surface area contributed by atoms with E-state index in [1.54, 1.807) is 36.2 Å². The van der Waals surface area contributed by atoms with Gasteiger partial charge in [0.25, 0.3) is 5.91 Å². The quantitative estimate of drug-likeness (QED) is 0.804. The third-order valence-corrected chi connectivity index (χ3v) is 3.28. The van der Waals surface area contributed by atoms with Gasteiger partial charge in [0.05, 0.1) is 0 Å². The van der Waals surface area contributed by atoms with Crippen LogP contribution >= 0.6 is 11.6 Å². The van der Waals surface area contributed by atoms with Crippen LogP contribution in [0.1, 0.15) is 5.56 Å². The number of aromatic nitrogens is 2. The fourth-order valence-electron chi connectivity index (χ4n) is 1.81. The van der Waals surface area contributed by atoms with E-state index in [9.17, 15) is 9.59 Å². The lowest BCUT2D eigenvalue weighted by molar-refractivity contribution is -0.145. The number of carbonyl (C=O) groups is 2. The van der Waals surface area contributed by atoms with Crippen LogP contribution in [0.4, 0.5) is 11.5 Å². The van der Waals surface area contributed by atoms with Crippen LogP contribution in [-0.2, 0) is 14.3 Å². The van der Waals surface area contributed by atoms with Crippen molar-refractivity contribution in [1.29, 1.82) is 0 Å². The average Bonchev–Trinajstić information content (AvgIpc) is 2.55. The van der Waals surface area contributed by atoms with Gasteiger partial charge in [-0.25, -0.2) is 0 Å². The van der Waals surface area contributed by atoms with Gasteiger partial charge in [-0.15, -0.1) is 10.2 Å². The number of aryl methyl sites for hydroxylation is 1. The molecule has 126 valence electrons. The second kappa shape index (κ2) is 8.26. The van der Waals surface area contributed by atoms with Crippen LogP contribution in [0.5, 0.6) is 0 Å². The van der Waals surface area contributed by atoms with Crippen LogP contribution in [0.2, 0.25) is 5.15 Å². The third kappa shape index (κ3) is 5.51. The van der Waals surface area contributed by atoms with Crippen LogP contribution in [0.15, 0.2) is 36.4 Å². The van der Waals surface area contributed by atoms with Gasteiger partial charge in [0.1, 0.15) is 6.54 Å². The summed E-state index contributed by atoms with van der Waals surface area (Å²) in [5, 5.41) is 10.5. The van der Waals surface area contributed by atoms with Crippen LogP contribution in [-0.4, -0.2) is 42.3 Å². The second-order valence-corrected chi connectivity index (χ2v) is 5.53. The number of rotatable bonds is 6. The molecule has 1 aromatic heterocycles. The molecule has 0 bridgehead atoms. The Balaban J connectivity index is 1.76. The molecule has 2 rings (SSSR count). The smallest absolute Gasteiger partial charge is 0.326 e. The average molecular weight is 349 g/mol. The molecule has 24 heavy (non-hydrogen) atoms. The van der Waals surface area contributed by atoms with E-state index in [0.29, 0.717) is 11.5 Å².